The molecule has 0 aliphatic carbocycles. The average Bonchev–Trinajstić information content (AvgIpc) is 2.69. The van der Waals surface area contributed by atoms with Crippen LogP contribution in [0.1, 0.15) is 18.1 Å². The van der Waals surface area contributed by atoms with Crippen molar-refractivity contribution in [1.29, 1.82) is 0 Å². The lowest BCUT2D eigenvalue weighted by Gasteiger charge is -2.17. The van der Waals surface area contributed by atoms with Crippen LogP contribution in [0.15, 0.2) is 47.4 Å². The van der Waals surface area contributed by atoms with Crippen LogP contribution < -0.4 is 9.47 Å². The van der Waals surface area contributed by atoms with Gasteiger partial charge >= 0.3 is 12.1 Å². The van der Waals surface area contributed by atoms with E-state index in [-0.39, 0.29) is 19.0 Å². The Morgan fingerprint density at radius 3 is 2.23 bits per heavy atom. The first-order valence-electron chi connectivity index (χ1n) is 9.14. The molecular weight excluding hydrogens is 443 g/mol. The lowest BCUT2D eigenvalue weighted by molar-refractivity contribution is -0.141. The normalized spacial score (nSPS) is 11.8. The molecule has 0 aliphatic heterocycles. The fraction of sp³-hybridized carbons (Fsp3) is 0.381. The van der Waals surface area contributed by atoms with Gasteiger partial charge in [0.05, 0.1) is 11.3 Å². The van der Waals surface area contributed by atoms with Gasteiger partial charge in [0.1, 0.15) is 24.7 Å². The van der Waals surface area contributed by atoms with Gasteiger partial charge in [-0.1, -0.05) is 0 Å². The highest BCUT2D eigenvalue weighted by Crippen LogP contribution is 2.32. The smallest absolute Gasteiger partial charge is 0.416 e. The van der Waals surface area contributed by atoms with Crippen molar-refractivity contribution in [3.63, 3.8) is 0 Å². The average molecular weight is 464 g/mol. The third-order valence-electron chi connectivity index (χ3n) is 3.87. The number of carbonyl (C=O) groups excluding carboxylic acids is 1. The van der Waals surface area contributed by atoms with Gasteiger partial charge in [0.2, 0.25) is 0 Å². The van der Waals surface area contributed by atoms with E-state index in [0.717, 1.165) is 41.6 Å². The van der Waals surface area contributed by atoms with E-state index in [1.54, 1.807) is 25.1 Å². The summed E-state index contributed by atoms with van der Waals surface area (Å²) in [6, 6.07) is 8.54. The molecule has 4 nitrogen and oxygen atoms in total. The van der Waals surface area contributed by atoms with Gasteiger partial charge in [-0.3, -0.25) is 4.79 Å². The quantitative estimate of drug-likeness (QED) is 0.194. The molecule has 0 aliphatic rings. The zero-order chi connectivity index (χ0) is 23.1. The highest BCUT2D eigenvalue weighted by atomic mass is 32.2. The molecule has 0 saturated carbocycles. The Morgan fingerprint density at radius 2 is 1.65 bits per heavy atom. The van der Waals surface area contributed by atoms with Crippen molar-refractivity contribution in [1.82, 2.24) is 0 Å². The van der Waals surface area contributed by atoms with E-state index < -0.39 is 36.0 Å². The summed E-state index contributed by atoms with van der Waals surface area (Å²) in [6.07, 6.45) is -4.50. The minimum absolute atomic E-state index is 0.0660. The van der Waals surface area contributed by atoms with E-state index in [0.29, 0.717) is 10.6 Å². The standard InChI is InChI=1S/C21H21F5O4S/c1-14-11-18(7-8-19(14)29-10-9-28-15(2)27)31-13-20(22,23)12-30-17-5-3-16(4-6-17)21(24,25)26/h3-8,11H,9-10,12-13H2,1-2H3. The summed E-state index contributed by atoms with van der Waals surface area (Å²) >= 11 is 0.920. The summed E-state index contributed by atoms with van der Waals surface area (Å²) in [4.78, 5) is 11.3. The lowest BCUT2D eigenvalue weighted by atomic mass is 10.2. The molecule has 0 heterocycles. The van der Waals surface area contributed by atoms with E-state index >= 15 is 0 Å². The lowest BCUT2D eigenvalue weighted by Crippen LogP contribution is -2.28. The molecular formula is C21H21F5O4S. The molecule has 0 saturated heterocycles. The predicted octanol–water partition coefficient (Wildman–Crippen LogP) is 5.76. The van der Waals surface area contributed by atoms with Gasteiger partial charge in [0, 0.05) is 11.8 Å². The maximum Gasteiger partial charge on any atom is 0.416 e. The van der Waals surface area contributed by atoms with E-state index in [4.69, 9.17) is 14.2 Å². The fourth-order valence-corrected chi connectivity index (χ4v) is 3.26. The highest BCUT2D eigenvalue weighted by Gasteiger charge is 2.32. The van der Waals surface area contributed by atoms with Gasteiger partial charge < -0.3 is 14.2 Å². The molecule has 170 valence electrons. The number of benzene rings is 2. The molecule has 0 spiro atoms. The molecule has 0 aromatic heterocycles. The Kier molecular flexibility index (Phi) is 8.55. The van der Waals surface area contributed by atoms with Gasteiger partial charge in [-0.2, -0.15) is 13.2 Å². The number of aryl methyl sites for hydroxylation is 1. The van der Waals surface area contributed by atoms with Gasteiger partial charge in [-0.05, 0) is 55.0 Å². The van der Waals surface area contributed by atoms with Gasteiger partial charge in [-0.25, -0.2) is 8.78 Å². The number of hydrogen-bond donors (Lipinski definition) is 0. The zero-order valence-electron chi connectivity index (χ0n) is 16.8. The molecule has 0 atom stereocenters. The van der Waals surface area contributed by atoms with Crippen molar-refractivity contribution < 1.29 is 41.0 Å². The SMILES string of the molecule is CC(=O)OCCOc1ccc(SCC(F)(F)COc2ccc(C(F)(F)F)cc2)cc1C. The van der Waals surface area contributed by atoms with E-state index in [1.807, 2.05) is 0 Å². The molecule has 10 heteroatoms. The summed E-state index contributed by atoms with van der Waals surface area (Å²) in [6.45, 7) is 2.38. The number of rotatable bonds is 10. The fourth-order valence-electron chi connectivity index (χ4n) is 2.37. The molecule has 0 unspecified atom stereocenters. The molecule has 31 heavy (non-hydrogen) atoms. The van der Waals surface area contributed by atoms with Crippen molar-refractivity contribution in [2.75, 3.05) is 25.6 Å². The zero-order valence-corrected chi connectivity index (χ0v) is 17.6. The van der Waals surface area contributed by atoms with Crippen LogP contribution in [0.4, 0.5) is 22.0 Å². The number of carbonyl (C=O) groups is 1. The number of halogens is 5. The second kappa shape index (κ2) is 10.7. The van der Waals surface area contributed by atoms with Crippen LogP contribution in [0.2, 0.25) is 0 Å². The maximum atomic E-state index is 14.1. The number of esters is 1. The van der Waals surface area contributed by atoms with Crippen LogP contribution in [0.3, 0.4) is 0 Å². The van der Waals surface area contributed by atoms with Crippen molar-refractivity contribution in [2.45, 2.75) is 30.8 Å². The number of ether oxygens (including phenoxy) is 3. The van der Waals surface area contributed by atoms with Crippen molar-refractivity contribution >= 4 is 17.7 Å². The first-order valence-corrected chi connectivity index (χ1v) is 10.1. The minimum Gasteiger partial charge on any atom is -0.490 e. The van der Waals surface area contributed by atoms with Crippen LogP contribution in [0.5, 0.6) is 11.5 Å². The molecule has 0 radical (unpaired) electrons. The number of thioether (sulfide) groups is 1. The minimum atomic E-state index is -4.50. The summed E-state index contributed by atoms with van der Waals surface area (Å²) in [5, 5.41) is 0. The Bertz CT molecular complexity index is 869. The Hall–Kier alpha value is -2.49. The van der Waals surface area contributed by atoms with E-state index in [9.17, 15) is 26.7 Å². The van der Waals surface area contributed by atoms with Crippen LogP contribution in [-0.2, 0) is 15.7 Å². The number of alkyl halides is 5. The van der Waals surface area contributed by atoms with Gasteiger partial charge in [-0.15, -0.1) is 11.8 Å². The second-order valence-electron chi connectivity index (χ2n) is 6.57. The van der Waals surface area contributed by atoms with Crippen LogP contribution in [0, 0.1) is 6.92 Å². The van der Waals surface area contributed by atoms with E-state index in [2.05, 4.69) is 0 Å². The molecule has 2 rings (SSSR count). The summed E-state index contributed by atoms with van der Waals surface area (Å²) < 4.78 is 81.0. The maximum absolute atomic E-state index is 14.1. The molecule has 0 N–H and O–H groups in total. The van der Waals surface area contributed by atoms with Crippen molar-refractivity contribution in [3.05, 3.63) is 53.6 Å². The Balaban J connectivity index is 1.82. The highest BCUT2D eigenvalue weighted by molar-refractivity contribution is 7.99. The summed E-state index contributed by atoms with van der Waals surface area (Å²) in [7, 11) is 0. The Labute approximate surface area is 180 Å². The van der Waals surface area contributed by atoms with Crippen LogP contribution >= 0.6 is 11.8 Å². The largest absolute Gasteiger partial charge is 0.490 e. The monoisotopic (exact) mass is 464 g/mol. The second-order valence-corrected chi connectivity index (χ2v) is 7.62. The summed E-state index contributed by atoms with van der Waals surface area (Å²) in [5.74, 6) is -3.69. The molecule has 0 bridgehead atoms. The number of hydrogen-bond acceptors (Lipinski definition) is 5. The van der Waals surface area contributed by atoms with Crippen molar-refractivity contribution in [2.24, 2.45) is 0 Å². The van der Waals surface area contributed by atoms with Gasteiger partial charge in [0.25, 0.3) is 5.92 Å². The third-order valence-corrected chi connectivity index (χ3v) is 5.03. The first kappa shape index (κ1) is 24.8. The molecule has 0 amide bonds. The molecule has 2 aromatic carbocycles. The molecule has 0 fully saturated rings. The molecule has 2 aromatic rings. The third kappa shape index (κ3) is 8.64. The van der Waals surface area contributed by atoms with Crippen molar-refractivity contribution in [3.8, 4) is 11.5 Å². The first-order chi connectivity index (χ1) is 14.5. The Morgan fingerprint density at radius 1 is 0.968 bits per heavy atom. The summed E-state index contributed by atoms with van der Waals surface area (Å²) in [5.41, 5.74) is -0.145. The van der Waals surface area contributed by atoms with Crippen LogP contribution in [0.25, 0.3) is 0 Å². The topological polar surface area (TPSA) is 44.8 Å². The van der Waals surface area contributed by atoms with Gasteiger partial charge in [0.15, 0.2) is 6.61 Å². The van der Waals surface area contributed by atoms with Crippen LogP contribution in [-0.4, -0.2) is 37.5 Å². The van der Waals surface area contributed by atoms with E-state index in [1.165, 1.54) is 6.92 Å². The predicted molar refractivity (Wildman–Crippen MR) is 106 cm³/mol.